The molecule has 0 unspecified atom stereocenters. The number of hydrogen-bond acceptors (Lipinski definition) is 1. The Labute approximate surface area is 453 Å². The van der Waals surface area contributed by atoms with Crippen molar-refractivity contribution in [2.24, 2.45) is 0 Å². The van der Waals surface area contributed by atoms with Gasteiger partial charge in [-0.15, -0.1) is 11.3 Å². The molecule has 2 nitrogen and oxygen atoms in total. The van der Waals surface area contributed by atoms with Gasteiger partial charge in [0.1, 0.15) is 0 Å². The lowest BCUT2D eigenvalue weighted by molar-refractivity contribution is 1.17. The third kappa shape index (κ3) is 6.91. The monoisotopic (exact) mass is 1030 g/mol. The van der Waals surface area contributed by atoms with Crippen molar-refractivity contribution in [2.75, 3.05) is 0 Å². The van der Waals surface area contributed by atoms with E-state index < -0.39 is 16.1 Å². The third-order valence-corrected chi connectivity index (χ3v) is 27.4. The minimum atomic E-state index is -3.06. The SMILES string of the molecule is c1ccc([Si](c2ccccc2)(c2ccc([Si](c3ccccc3)(c3ccccc3)c3cccc4c3sc3ccccc34)cc2)c2cccc(-n3c4ccccc4c4cc(-n5c6ccccc6c6ccccc65)ccc43)c2)cc1. The molecular formula is C72H50N2SSi2. The van der Waals surface area contributed by atoms with Crippen LogP contribution in [0.3, 0.4) is 0 Å². The maximum absolute atomic E-state index is 3.06. The highest BCUT2D eigenvalue weighted by molar-refractivity contribution is 7.30. The van der Waals surface area contributed by atoms with Crippen LogP contribution in [0.1, 0.15) is 0 Å². The van der Waals surface area contributed by atoms with Crippen molar-refractivity contribution in [2.45, 2.75) is 0 Å². The van der Waals surface area contributed by atoms with Crippen molar-refractivity contribution in [3.63, 3.8) is 0 Å². The lowest BCUT2D eigenvalue weighted by Crippen LogP contribution is -2.76. The predicted molar refractivity (Wildman–Crippen MR) is 335 cm³/mol. The molecule has 0 atom stereocenters. The zero-order valence-electron chi connectivity index (χ0n) is 42.2. The van der Waals surface area contributed by atoms with E-state index in [1.165, 1.54) is 105 Å². The van der Waals surface area contributed by atoms with Gasteiger partial charge in [0.05, 0.1) is 22.1 Å². The first-order valence-electron chi connectivity index (χ1n) is 26.6. The minimum Gasteiger partial charge on any atom is -0.309 e. The summed E-state index contributed by atoms with van der Waals surface area (Å²) in [5.41, 5.74) is 7.09. The lowest BCUT2D eigenvalue weighted by Gasteiger charge is -2.37. The molecule has 15 aromatic rings. The highest BCUT2D eigenvalue weighted by atomic mass is 32.1. The fourth-order valence-corrected chi connectivity index (χ4v) is 24.5. The van der Waals surface area contributed by atoms with Crippen LogP contribution in [-0.4, -0.2) is 25.3 Å². The highest BCUT2D eigenvalue weighted by Gasteiger charge is 2.45. The fourth-order valence-electron chi connectivity index (χ4n) is 13.2. The first-order valence-corrected chi connectivity index (χ1v) is 31.4. The molecule has 0 aliphatic heterocycles. The molecule has 0 saturated carbocycles. The van der Waals surface area contributed by atoms with Crippen LogP contribution in [0.4, 0.5) is 0 Å². The van der Waals surface area contributed by atoms with Crippen LogP contribution >= 0.6 is 11.3 Å². The van der Waals surface area contributed by atoms with E-state index in [1.54, 1.807) is 0 Å². The average Bonchev–Trinajstić information content (AvgIpc) is 4.39. The van der Waals surface area contributed by atoms with Gasteiger partial charge in [0.2, 0.25) is 0 Å². The molecule has 5 heteroatoms. The van der Waals surface area contributed by atoms with E-state index in [-0.39, 0.29) is 0 Å². The van der Waals surface area contributed by atoms with Gasteiger partial charge in [0.15, 0.2) is 16.1 Å². The molecule has 0 saturated heterocycles. The van der Waals surface area contributed by atoms with Crippen LogP contribution in [0.5, 0.6) is 0 Å². The second-order valence-electron chi connectivity index (χ2n) is 20.3. The number of rotatable bonds is 10. The summed E-state index contributed by atoms with van der Waals surface area (Å²) >= 11 is 1.94. The number of fused-ring (bicyclic) bond motifs is 9. The van der Waals surface area contributed by atoms with E-state index in [9.17, 15) is 0 Å². The topological polar surface area (TPSA) is 9.86 Å². The Morgan fingerprint density at radius 2 is 0.610 bits per heavy atom. The number of nitrogens with zero attached hydrogens (tertiary/aromatic N) is 2. The summed E-state index contributed by atoms with van der Waals surface area (Å²) < 4.78 is 7.62. The summed E-state index contributed by atoms with van der Waals surface area (Å²) in [6, 6.07) is 115. The van der Waals surface area contributed by atoms with Gasteiger partial charge in [0.25, 0.3) is 0 Å². The molecule has 3 heterocycles. The lowest BCUT2D eigenvalue weighted by atomic mass is 10.1. The Balaban J connectivity index is 0.957. The van der Waals surface area contributed by atoms with E-state index >= 15 is 0 Å². The molecule has 77 heavy (non-hydrogen) atoms. The molecule has 12 aromatic carbocycles. The Morgan fingerprint density at radius 1 is 0.234 bits per heavy atom. The van der Waals surface area contributed by atoms with Crippen molar-refractivity contribution in [1.29, 1.82) is 0 Å². The van der Waals surface area contributed by atoms with Gasteiger partial charge in [-0.25, -0.2) is 0 Å². The Bertz CT molecular complexity index is 4540. The second-order valence-corrected chi connectivity index (χ2v) is 28.9. The van der Waals surface area contributed by atoms with E-state index in [1.807, 2.05) is 11.3 Å². The van der Waals surface area contributed by atoms with Gasteiger partial charge in [-0.2, -0.15) is 0 Å². The summed E-state index contributed by atoms with van der Waals surface area (Å²) in [6.45, 7) is 0. The number of hydrogen-bond donors (Lipinski definition) is 0. The number of benzene rings is 12. The molecule has 0 bridgehead atoms. The van der Waals surface area contributed by atoms with Crippen molar-refractivity contribution >= 4 is 133 Å². The fraction of sp³-hybridized carbons (Fsp3) is 0. The zero-order valence-corrected chi connectivity index (χ0v) is 45.0. The van der Waals surface area contributed by atoms with Crippen LogP contribution < -0.4 is 41.5 Å². The second kappa shape index (κ2) is 18.3. The van der Waals surface area contributed by atoms with Crippen molar-refractivity contribution in [3.05, 3.63) is 303 Å². The summed E-state index contributed by atoms with van der Waals surface area (Å²) in [6.07, 6.45) is 0. The van der Waals surface area contributed by atoms with Crippen LogP contribution in [0.25, 0.3) is 75.2 Å². The summed E-state index contributed by atoms with van der Waals surface area (Å²) in [4.78, 5) is 0. The molecule has 0 amide bonds. The number of thiophene rings is 1. The van der Waals surface area contributed by atoms with Crippen LogP contribution in [0, 0.1) is 0 Å². The Kier molecular flexibility index (Phi) is 10.8. The Morgan fingerprint density at radius 3 is 1.16 bits per heavy atom. The maximum Gasteiger partial charge on any atom is 0.181 e. The molecule has 3 aromatic heterocycles. The highest BCUT2D eigenvalue weighted by Crippen LogP contribution is 2.38. The molecule has 15 rings (SSSR count). The van der Waals surface area contributed by atoms with Crippen LogP contribution in [0.2, 0.25) is 0 Å². The molecule has 0 aliphatic carbocycles. The van der Waals surface area contributed by atoms with E-state index in [2.05, 4.69) is 312 Å². The van der Waals surface area contributed by atoms with E-state index in [0.717, 1.165) is 11.4 Å². The van der Waals surface area contributed by atoms with Crippen molar-refractivity contribution in [1.82, 2.24) is 9.13 Å². The molecule has 0 fully saturated rings. The maximum atomic E-state index is 2.52. The quantitative estimate of drug-likeness (QED) is 0.0954. The van der Waals surface area contributed by atoms with Gasteiger partial charge in [-0.05, 0) is 96.1 Å². The van der Waals surface area contributed by atoms with Gasteiger partial charge in [0, 0.05) is 53.1 Å². The zero-order chi connectivity index (χ0) is 50.9. The minimum absolute atomic E-state index is 1.15. The van der Waals surface area contributed by atoms with Crippen molar-refractivity contribution < 1.29 is 0 Å². The van der Waals surface area contributed by atoms with Gasteiger partial charge < -0.3 is 9.13 Å². The molecule has 0 radical (unpaired) electrons. The Hall–Kier alpha value is -9.11. The predicted octanol–water partition coefficient (Wildman–Crippen LogP) is 13.0. The van der Waals surface area contributed by atoms with Crippen LogP contribution in [-0.2, 0) is 0 Å². The van der Waals surface area contributed by atoms with Crippen molar-refractivity contribution in [3.8, 4) is 11.4 Å². The van der Waals surface area contributed by atoms with E-state index in [0.29, 0.717) is 0 Å². The average molecular weight is 1030 g/mol. The molecule has 0 N–H and O–H groups in total. The van der Waals surface area contributed by atoms with Gasteiger partial charge >= 0.3 is 0 Å². The molecule has 0 spiro atoms. The summed E-state index contributed by atoms with van der Waals surface area (Å²) in [7, 11) is -6.03. The molecule has 362 valence electrons. The summed E-state index contributed by atoms with van der Waals surface area (Å²) in [5, 5.41) is 18.6. The first kappa shape index (κ1) is 45.3. The standard InChI is InChI=1S/C72H50N2SSi2/c1-5-24-53(25-6-1)76(54-26-7-2-8-27-54,57-44-46-58(47-45-57)77(55-28-9-3-10-29-55,56-30-11-4-12-31-56)71-42-22-37-64-63-36-16-20-41-70(63)75-72(64)71)59-32-21-23-51(49-59)73-68-40-19-15-35-62(68)65-50-52(43-48-69(65)73)74-66-38-17-13-33-60(66)61-34-14-18-39-67(61)74/h1-50H. The smallest absolute Gasteiger partial charge is 0.181 e. The van der Waals surface area contributed by atoms with Gasteiger partial charge in [-0.1, -0.05) is 249 Å². The van der Waals surface area contributed by atoms with Crippen LogP contribution in [0.15, 0.2) is 303 Å². The number of para-hydroxylation sites is 3. The summed E-state index contributed by atoms with van der Waals surface area (Å²) in [5.74, 6) is 0. The largest absolute Gasteiger partial charge is 0.309 e. The molecular weight excluding hydrogens is 981 g/mol. The molecule has 0 aliphatic rings. The first-order chi connectivity index (χ1) is 38.2. The normalized spacial score (nSPS) is 12.2. The van der Waals surface area contributed by atoms with E-state index in [4.69, 9.17) is 0 Å². The van der Waals surface area contributed by atoms with Gasteiger partial charge in [-0.3, -0.25) is 0 Å². The number of aromatic nitrogens is 2. The third-order valence-electron chi connectivity index (χ3n) is 16.4.